The minimum Gasteiger partial charge on any atom is -0.394 e. The van der Waals surface area contributed by atoms with Crippen LogP contribution in [0, 0.1) is 6.92 Å². The van der Waals surface area contributed by atoms with E-state index in [2.05, 4.69) is 11.1 Å². The molecule has 0 aliphatic carbocycles. The third kappa shape index (κ3) is 2.68. The maximum absolute atomic E-state index is 9.82. The molecule has 0 aliphatic rings. The Morgan fingerprint density at radius 3 is 2.71 bits per heavy atom. The van der Waals surface area contributed by atoms with Crippen LogP contribution in [0.5, 0.6) is 0 Å². The molecule has 1 aromatic heterocycles. The number of rotatable bonds is 4. The van der Waals surface area contributed by atoms with Gasteiger partial charge in [0.2, 0.25) is 0 Å². The summed E-state index contributed by atoms with van der Waals surface area (Å²) in [6.07, 6.45) is -0.800. The zero-order valence-electron chi connectivity index (χ0n) is 11.9. The summed E-state index contributed by atoms with van der Waals surface area (Å²) in [7, 11) is 0. The molecule has 1 heterocycles. The van der Waals surface area contributed by atoms with Gasteiger partial charge < -0.3 is 14.8 Å². The number of hydrogen-bond acceptors (Lipinski definition) is 3. The molecular formula is C17H18N2O2. The fourth-order valence-electron chi connectivity index (χ4n) is 2.53. The summed E-state index contributed by atoms with van der Waals surface area (Å²) in [5, 5.41) is 18.9. The minimum atomic E-state index is -0.800. The topological polar surface area (TPSA) is 58.3 Å². The van der Waals surface area contributed by atoms with Crippen molar-refractivity contribution in [3.8, 4) is 11.4 Å². The molecule has 0 aliphatic heterocycles. The largest absolute Gasteiger partial charge is 0.394 e. The summed E-state index contributed by atoms with van der Waals surface area (Å²) in [6, 6.07) is 15.9. The van der Waals surface area contributed by atoms with E-state index in [4.69, 9.17) is 5.11 Å². The van der Waals surface area contributed by atoms with Crippen LogP contribution < -0.4 is 0 Å². The molecule has 1 atom stereocenters. The van der Waals surface area contributed by atoms with Crippen LogP contribution in [0.15, 0.2) is 48.5 Å². The van der Waals surface area contributed by atoms with Gasteiger partial charge in [-0.1, -0.05) is 35.9 Å². The monoisotopic (exact) mass is 282 g/mol. The van der Waals surface area contributed by atoms with Crippen LogP contribution in [0.2, 0.25) is 0 Å². The van der Waals surface area contributed by atoms with Crippen LogP contribution in [-0.4, -0.2) is 32.5 Å². The summed E-state index contributed by atoms with van der Waals surface area (Å²) in [4.78, 5) is 4.68. The third-order valence-electron chi connectivity index (χ3n) is 3.53. The molecule has 0 bridgehead atoms. The number of aromatic nitrogens is 2. The van der Waals surface area contributed by atoms with Crippen molar-refractivity contribution < 1.29 is 10.2 Å². The van der Waals surface area contributed by atoms with Gasteiger partial charge in [-0.3, -0.25) is 0 Å². The standard InChI is InChI=1S/C17H18N2O2/c1-12-5-4-6-13(9-12)17-18-15-7-2-3-8-16(15)19(17)10-14(21)11-20/h2-9,14,20-21H,10-11H2,1H3. The normalized spacial score (nSPS) is 12.7. The maximum atomic E-state index is 9.82. The van der Waals surface area contributed by atoms with Crippen molar-refractivity contribution in [1.29, 1.82) is 0 Å². The molecule has 21 heavy (non-hydrogen) atoms. The maximum Gasteiger partial charge on any atom is 0.141 e. The molecule has 108 valence electrons. The lowest BCUT2D eigenvalue weighted by molar-refractivity contribution is 0.0824. The van der Waals surface area contributed by atoms with Gasteiger partial charge in [0.05, 0.1) is 30.3 Å². The summed E-state index contributed by atoms with van der Waals surface area (Å²) in [6.45, 7) is 2.10. The molecule has 3 aromatic rings. The summed E-state index contributed by atoms with van der Waals surface area (Å²) < 4.78 is 1.96. The van der Waals surface area contributed by atoms with E-state index in [1.165, 1.54) is 0 Å². The van der Waals surface area contributed by atoms with E-state index >= 15 is 0 Å². The number of fused-ring (bicyclic) bond motifs is 1. The first-order chi connectivity index (χ1) is 10.2. The van der Waals surface area contributed by atoms with E-state index in [9.17, 15) is 5.11 Å². The Labute approximate surface area is 123 Å². The number of benzene rings is 2. The first-order valence-corrected chi connectivity index (χ1v) is 7.00. The second-order valence-electron chi connectivity index (χ2n) is 5.24. The van der Waals surface area contributed by atoms with Gasteiger partial charge in [-0.05, 0) is 25.1 Å². The van der Waals surface area contributed by atoms with Crippen LogP contribution in [0.1, 0.15) is 5.56 Å². The van der Waals surface area contributed by atoms with Gasteiger partial charge in [0.1, 0.15) is 5.82 Å². The minimum absolute atomic E-state index is 0.264. The first kappa shape index (κ1) is 13.8. The van der Waals surface area contributed by atoms with Crippen molar-refractivity contribution in [2.45, 2.75) is 19.6 Å². The highest BCUT2D eigenvalue weighted by atomic mass is 16.3. The average Bonchev–Trinajstić information content (AvgIpc) is 2.86. The first-order valence-electron chi connectivity index (χ1n) is 7.00. The SMILES string of the molecule is Cc1cccc(-c2nc3ccccc3n2CC(O)CO)c1. The number of hydrogen-bond donors (Lipinski definition) is 2. The summed E-state index contributed by atoms with van der Waals surface area (Å²) >= 11 is 0. The smallest absolute Gasteiger partial charge is 0.141 e. The second-order valence-corrected chi connectivity index (χ2v) is 5.24. The molecule has 2 aromatic carbocycles. The number of imidazole rings is 1. The molecule has 4 nitrogen and oxygen atoms in total. The quantitative estimate of drug-likeness (QED) is 0.772. The van der Waals surface area contributed by atoms with E-state index in [1.54, 1.807) is 0 Å². The molecule has 3 rings (SSSR count). The fraction of sp³-hybridized carbons (Fsp3) is 0.235. The van der Waals surface area contributed by atoms with Gasteiger partial charge in [0, 0.05) is 5.56 Å². The van der Waals surface area contributed by atoms with Gasteiger partial charge in [0.25, 0.3) is 0 Å². The molecular weight excluding hydrogens is 264 g/mol. The highest BCUT2D eigenvalue weighted by molar-refractivity contribution is 5.80. The predicted molar refractivity (Wildman–Crippen MR) is 83.0 cm³/mol. The number of para-hydroxylation sites is 2. The summed E-state index contributed by atoms with van der Waals surface area (Å²) in [5.74, 6) is 0.812. The van der Waals surface area contributed by atoms with E-state index in [-0.39, 0.29) is 6.61 Å². The van der Waals surface area contributed by atoms with Crippen molar-refractivity contribution in [3.05, 3.63) is 54.1 Å². The molecule has 1 unspecified atom stereocenters. The van der Waals surface area contributed by atoms with Crippen molar-refractivity contribution in [3.63, 3.8) is 0 Å². The molecule has 0 radical (unpaired) electrons. The Kier molecular flexibility index (Phi) is 3.73. The van der Waals surface area contributed by atoms with Gasteiger partial charge >= 0.3 is 0 Å². The van der Waals surface area contributed by atoms with Gasteiger partial charge in [-0.25, -0.2) is 4.98 Å². The Balaban J connectivity index is 2.18. The van der Waals surface area contributed by atoms with Crippen molar-refractivity contribution in [2.24, 2.45) is 0 Å². The van der Waals surface area contributed by atoms with E-state index in [0.717, 1.165) is 28.0 Å². The van der Waals surface area contributed by atoms with Crippen LogP contribution in [-0.2, 0) is 6.54 Å². The number of aliphatic hydroxyl groups is 2. The zero-order valence-corrected chi connectivity index (χ0v) is 11.9. The van der Waals surface area contributed by atoms with Gasteiger partial charge in [-0.15, -0.1) is 0 Å². The van der Waals surface area contributed by atoms with E-state index in [0.29, 0.717) is 6.54 Å². The lowest BCUT2D eigenvalue weighted by Crippen LogP contribution is -2.20. The van der Waals surface area contributed by atoms with Gasteiger partial charge in [-0.2, -0.15) is 0 Å². The van der Waals surface area contributed by atoms with Crippen molar-refractivity contribution in [2.75, 3.05) is 6.61 Å². The van der Waals surface area contributed by atoms with Crippen LogP contribution in [0.4, 0.5) is 0 Å². The van der Waals surface area contributed by atoms with E-state index in [1.807, 2.05) is 54.0 Å². The molecule has 0 amide bonds. The second kappa shape index (κ2) is 5.68. The molecule has 0 spiro atoms. The third-order valence-corrected chi connectivity index (χ3v) is 3.53. The Hall–Kier alpha value is -2.17. The van der Waals surface area contributed by atoms with Crippen molar-refractivity contribution in [1.82, 2.24) is 9.55 Å². The number of aryl methyl sites for hydroxylation is 1. The summed E-state index contributed by atoms with van der Waals surface area (Å²) in [5.41, 5.74) is 4.02. The predicted octanol–water partition coefficient (Wildman–Crippen LogP) is 2.36. The number of aliphatic hydroxyl groups excluding tert-OH is 2. The molecule has 4 heteroatoms. The van der Waals surface area contributed by atoms with E-state index < -0.39 is 6.10 Å². The molecule has 0 saturated heterocycles. The molecule has 0 saturated carbocycles. The molecule has 0 fully saturated rings. The average molecular weight is 282 g/mol. The van der Waals surface area contributed by atoms with Crippen LogP contribution >= 0.6 is 0 Å². The van der Waals surface area contributed by atoms with Crippen LogP contribution in [0.3, 0.4) is 0 Å². The number of nitrogens with zero attached hydrogens (tertiary/aromatic N) is 2. The lowest BCUT2D eigenvalue weighted by atomic mass is 10.1. The molecule has 2 N–H and O–H groups in total. The fourth-order valence-corrected chi connectivity index (χ4v) is 2.53. The van der Waals surface area contributed by atoms with Crippen LogP contribution in [0.25, 0.3) is 22.4 Å². The Bertz CT molecular complexity index is 764. The van der Waals surface area contributed by atoms with Crippen molar-refractivity contribution >= 4 is 11.0 Å². The Morgan fingerprint density at radius 1 is 1.14 bits per heavy atom. The zero-order chi connectivity index (χ0) is 14.8. The van der Waals surface area contributed by atoms with Gasteiger partial charge in [0.15, 0.2) is 0 Å². The highest BCUT2D eigenvalue weighted by Gasteiger charge is 2.15. The highest BCUT2D eigenvalue weighted by Crippen LogP contribution is 2.25. The Morgan fingerprint density at radius 2 is 1.95 bits per heavy atom. The lowest BCUT2D eigenvalue weighted by Gasteiger charge is -2.13.